The summed E-state index contributed by atoms with van der Waals surface area (Å²) in [5.74, 6) is 0. The smallest absolute Gasteiger partial charge is 0.0893 e. The highest BCUT2D eigenvalue weighted by atomic mass is 14.8. The Morgan fingerprint density at radius 1 is 1.15 bits per heavy atom. The minimum absolute atomic E-state index is 0.971. The van der Waals surface area contributed by atoms with Crippen molar-refractivity contribution < 1.29 is 0 Å². The number of nitrogens with zero attached hydrogens (tertiary/aromatic N) is 1. The third-order valence-corrected chi connectivity index (χ3v) is 2.17. The standard InChI is InChI=1S/C11H7N2/c1-2-4-9-8(3-1)7-11-10(13-9)5-6-12-11/h1-5,7,12H. The molecule has 0 amide bonds. The van der Waals surface area contributed by atoms with Gasteiger partial charge in [0.15, 0.2) is 0 Å². The van der Waals surface area contributed by atoms with Gasteiger partial charge in [-0.1, -0.05) is 18.2 Å². The maximum Gasteiger partial charge on any atom is 0.0893 e. The van der Waals surface area contributed by atoms with Gasteiger partial charge in [-0.2, -0.15) is 0 Å². The fourth-order valence-electron chi connectivity index (χ4n) is 1.52. The molecule has 0 aliphatic carbocycles. The molecule has 0 saturated carbocycles. The summed E-state index contributed by atoms with van der Waals surface area (Å²) < 4.78 is 0. The van der Waals surface area contributed by atoms with E-state index in [-0.39, 0.29) is 0 Å². The minimum atomic E-state index is 0.971. The third-order valence-electron chi connectivity index (χ3n) is 2.17. The van der Waals surface area contributed by atoms with Gasteiger partial charge >= 0.3 is 0 Å². The zero-order valence-electron chi connectivity index (χ0n) is 6.91. The summed E-state index contributed by atoms with van der Waals surface area (Å²) in [4.78, 5) is 7.50. The van der Waals surface area contributed by atoms with Crippen molar-refractivity contribution in [3.63, 3.8) is 0 Å². The monoisotopic (exact) mass is 167 g/mol. The molecule has 0 bridgehead atoms. The quantitative estimate of drug-likeness (QED) is 0.547. The van der Waals surface area contributed by atoms with Crippen LogP contribution in [-0.2, 0) is 0 Å². The summed E-state index contributed by atoms with van der Waals surface area (Å²) >= 11 is 0. The second-order valence-corrected chi connectivity index (χ2v) is 3.03. The Hall–Kier alpha value is -1.83. The maximum absolute atomic E-state index is 4.48. The molecule has 0 aliphatic rings. The van der Waals surface area contributed by atoms with Crippen molar-refractivity contribution in [2.45, 2.75) is 0 Å². The van der Waals surface area contributed by atoms with Crippen LogP contribution in [0.1, 0.15) is 0 Å². The molecule has 0 saturated heterocycles. The molecule has 1 aromatic carbocycles. The van der Waals surface area contributed by atoms with Gasteiger partial charge in [-0.3, -0.25) is 0 Å². The van der Waals surface area contributed by atoms with Crippen LogP contribution in [0.5, 0.6) is 0 Å². The van der Waals surface area contributed by atoms with Crippen molar-refractivity contribution >= 4 is 21.9 Å². The summed E-state index contributed by atoms with van der Waals surface area (Å²) in [6, 6.07) is 12.0. The van der Waals surface area contributed by atoms with Crippen molar-refractivity contribution in [3.8, 4) is 0 Å². The summed E-state index contributed by atoms with van der Waals surface area (Å²) in [6.07, 6.45) is 2.93. The number of aromatic amines is 1. The molecule has 2 heterocycles. The van der Waals surface area contributed by atoms with E-state index in [1.165, 1.54) is 0 Å². The zero-order chi connectivity index (χ0) is 8.67. The fraction of sp³-hybridized carbons (Fsp3) is 0. The molecular formula is C11H7N2. The van der Waals surface area contributed by atoms with Gasteiger partial charge in [0.1, 0.15) is 0 Å². The number of nitrogens with one attached hydrogen (secondary N) is 1. The van der Waals surface area contributed by atoms with Crippen LogP contribution >= 0.6 is 0 Å². The van der Waals surface area contributed by atoms with Crippen LogP contribution in [0.15, 0.2) is 36.4 Å². The van der Waals surface area contributed by atoms with E-state index in [1.54, 1.807) is 0 Å². The van der Waals surface area contributed by atoms with Gasteiger partial charge in [0, 0.05) is 5.39 Å². The van der Waals surface area contributed by atoms with E-state index >= 15 is 0 Å². The van der Waals surface area contributed by atoms with Gasteiger partial charge in [0.2, 0.25) is 0 Å². The van der Waals surface area contributed by atoms with Crippen LogP contribution in [0.25, 0.3) is 21.9 Å². The molecule has 0 unspecified atom stereocenters. The lowest BCUT2D eigenvalue weighted by molar-refractivity contribution is 1.45. The summed E-state index contributed by atoms with van der Waals surface area (Å²) in [6.45, 7) is 0. The Balaban J connectivity index is 2.57. The normalized spacial score (nSPS) is 11.1. The Bertz CT molecular complexity index is 517. The predicted molar refractivity (Wildman–Crippen MR) is 52.4 cm³/mol. The van der Waals surface area contributed by atoms with Crippen molar-refractivity contribution in [1.82, 2.24) is 9.97 Å². The molecule has 3 rings (SSSR count). The molecular weight excluding hydrogens is 160 g/mol. The van der Waals surface area contributed by atoms with E-state index in [9.17, 15) is 0 Å². The second-order valence-electron chi connectivity index (χ2n) is 3.03. The SMILES string of the molecule is [c]1cc2nc3ccccc3cc2[nH]1. The van der Waals surface area contributed by atoms with Gasteiger partial charge in [-0.15, -0.1) is 0 Å². The van der Waals surface area contributed by atoms with Crippen LogP contribution in [0.4, 0.5) is 0 Å². The Labute approximate surface area is 75.2 Å². The molecule has 2 aromatic heterocycles. The van der Waals surface area contributed by atoms with Crippen LogP contribution in [-0.4, -0.2) is 9.97 Å². The number of hydrogen-bond acceptors (Lipinski definition) is 1. The highest BCUT2D eigenvalue weighted by Crippen LogP contribution is 2.17. The number of para-hydroxylation sites is 1. The third kappa shape index (κ3) is 0.920. The van der Waals surface area contributed by atoms with E-state index in [1.807, 2.05) is 24.3 Å². The molecule has 0 atom stereocenters. The Morgan fingerprint density at radius 3 is 3.08 bits per heavy atom. The molecule has 2 heteroatoms. The summed E-state index contributed by atoms with van der Waals surface area (Å²) in [7, 11) is 0. The first kappa shape index (κ1) is 6.66. The van der Waals surface area contributed by atoms with Crippen LogP contribution in [0.2, 0.25) is 0 Å². The van der Waals surface area contributed by atoms with Crippen molar-refractivity contribution in [3.05, 3.63) is 42.6 Å². The number of H-pyrrole nitrogens is 1. The van der Waals surface area contributed by atoms with E-state index in [0.717, 1.165) is 21.9 Å². The van der Waals surface area contributed by atoms with E-state index in [0.29, 0.717) is 0 Å². The van der Waals surface area contributed by atoms with Gasteiger partial charge in [0.25, 0.3) is 0 Å². The zero-order valence-corrected chi connectivity index (χ0v) is 6.91. The first-order valence-electron chi connectivity index (χ1n) is 4.18. The lowest BCUT2D eigenvalue weighted by Crippen LogP contribution is -1.78. The van der Waals surface area contributed by atoms with Crippen LogP contribution in [0.3, 0.4) is 0 Å². The Kier molecular flexibility index (Phi) is 1.19. The number of fused-ring (bicyclic) bond motifs is 2. The molecule has 1 N–H and O–H groups in total. The summed E-state index contributed by atoms with van der Waals surface area (Å²) in [5, 5.41) is 1.16. The topological polar surface area (TPSA) is 28.7 Å². The average Bonchev–Trinajstić information content (AvgIpc) is 2.61. The van der Waals surface area contributed by atoms with Gasteiger partial charge in [0.05, 0.1) is 22.7 Å². The van der Waals surface area contributed by atoms with E-state index in [4.69, 9.17) is 0 Å². The van der Waals surface area contributed by atoms with Crippen molar-refractivity contribution in [1.29, 1.82) is 0 Å². The van der Waals surface area contributed by atoms with Gasteiger partial charge < -0.3 is 4.98 Å². The molecule has 0 spiro atoms. The molecule has 3 aromatic rings. The lowest BCUT2D eigenvalue weighted by Gasteiger charge is -1.95. The first-order valence-corrected chi connectivity index (χ1v) is 4.18. The number of pyridine rings is 1. The lowest BCUT2D eigenvalue weighted by atomic mass is 10.2. The molecule has 0 fully saturated rings. The summed E-state index contributed by atoms with van der Waals surface area (Å²) in [5.41, 5.74) is 3.04. The maximum atomic E-state index is 4.48. The molecule has 61 valence electrons. The molecule has 0 aliphatic heterocycles. The molecule has 13 heavy (non-hydrogen) atoms. The molecule has 1 radical (unpaired) electrons. The van der Waals surface area contributed by atoms with Crippen LogP contribution < -0.4 is 0 Å². The number of benzene rings is 1. The van der Waals surface area contributed by atoms with E-state index in [2.05, 4.69) is 28.3 Å². The van der Waals surface area contributed by atoms with Crippen molar-refractivity contribution in [2.24, 2.45) is 0 Å². The predicted octanol–water partition coefficient (Wildman–Crippen LogP) is 2.52. The highest BCUT2D eigenvalue weighted by Gasteiger charge is 1.98. The molecule has 2 nitrogen and oxygen atoms in total. The number of hydrogen-bond donors (Lipinski definition) is 1. The highest BCUT2D eigenvalue weighted by molar-refractivity contribution is 5.90. The minimum Gasteiger partial charge on any atom is -0.352 e. The van der Waals surface area contributed by atoms with Crippen molar-refractivity contribution in [2.75, 3.05) is 0 Å². The van der Waals surface area contributed by atoms with Gasteiger partial charge in [-0.25, -0.2) is 4.98 Å². The first-order chi connectivity index (χ1) is 6.43. The van der Waals surface area contributed by atoms with Crippen LogP contribution in [0, 0.1) is 6.20 Å². The Morgan fingerprint density at radius 2 is 2.08 bits per heavy atom. The largest absolute Gasteiger partial charge is 0.352 e. The van der Waals surface area contributed by atoms with E-state index < -0.39 is 0 Å². The second kappa shape index (κ2) is 2.33. The number of rotatable bonds is 0. The average molecular weight is 167 g/mol. The van der Waals surface area contributed by atoms with Gasteiger partial charge in [-0.05, 0) is 18.2 Å². The fourth-order valence-corrected chi connectivity index (χ4v) is 1.52. The number of aromatic nitrogens is 2.